The molecule has 0 spiro atoms. The Bertz CT molecular complexity index is 945. The molecule has 1 aliphatic heterocycles. The van der Waals surface area contributed by atoms with E-state index in [9.17, 15) is 14.7 Å². The molecule has 0 saturated carbocycles. The lowest BCUT2D eigenvalue weighted by atomic mass is 10.1. The maximum Gasteiger partial charge on any atom is 0.270 e. The average Bonchev–Trinajstić information content (AvgIpc) is 2.54. The van der Waals surface area contributed by atoms with Gasteiger partial charge in [-0.15, -0.1) is 0 Å². The van der Waals surface area contributed by atoms with E-state index in [4.69, 9.17) is 23.8 Å². The summed E-state index contributed by atoms with van der Waals surface area (Å²) in [4.78, 5) is 26.3. The first-order chi connectivity index (χ1) is 11.9. The lowest BCUT2D eigenvalue weighted by molar-refractivity contribution is -0.122. The minimum Gasteiger partial charge on any atom is -0.506 e. The zero-order chi connectivity index (χ0) is 18.1. The van der Waals surface area contributed by atoms with Crippen molar-refractivity contribution in [3.8, 4) is 5.75 Å². The molecule has 2 aromatic rings. The smallest absolute Gasteiger partial charge is 0.270 e. The molecule has 0 aliphatic carbocycles. The SMILES string of the molecule is O=C1NC(=S)N(c2cccc(Br)c2)C(=O)/C1=C/c1ccc(O)c(Cl)c1. The van der Waals surface area contributed by atoms with Gasteiger partial charge in [-0.1, -0.05) is 39.7 Å². The Kier molecular flexibility index (Phi) is 4.89. The number of nitrogens with zero attached hydrogens (tertiary/aromatic N) is 1. The molecule has 1 aliphatic rings. The molecule has 5 nitrogen and oxygen atoms in total. The lowest BCUT2D eigenvalue weighted by Crippen LogP contribution is -2.54. The van der Waals surface area contributed by atoms with E-state index in [0.717, 1.165) is 4.47 Å². The number of phenolic OH excluding ortho intramolecular Hbond substituents is 1. The molecule has 2 amide bonds. The predicted molar refractivity (Wildman–Crippen MR) is 103 cm³/mol. The van der Waals surface area contributed by atoms with Crippen molar-refractivity contribution >= 4 is 68.4 Å². The van der Waals surface area contributed by atoms with E-state index in [1.54, 1.807) is 24.3 Å². The highest BCUT2D eigenvalue weighted by Crippen LogP contribution is 2.27. The second-order valence-corrected chi connectivity index (χ2v) is 6.86. The van der Waals surface area contributed by atoms with Crippen LogP contribution in [0.25, 0.3) is 6.08 Å². The van der Waals surface area contributed by atoms with Crippen LogP contribution in [0.15, 0.2) is 52.5 Å². The van der Waals surface area contributed by atoms with Gasteiger partial charge in [-0.2, -0.15) is 0 Å². The van der Waals surface area contributed by atoms with Crippen LogP contribution in [0, 0.1) is 0 Å². The van der Waals surface area contributed by atoms with Crippen molar-refractivity contribution in [2.24, 2.45) is 0 Å². The normalized spacial score (nSPS) is 16.3. The monoisotopic (exact) mass is 436 g/mol. The van der Waals surface area contributed by atoms with Gasteiger partial charge in [-0.3, -0.25) is 19.8 Å². The Morgan fingerprint density at radius 3 is 2.64 bits per heavy atom. The second-order valence-electron chi connectivity index (χ2n) is 5.15. The molecule has 0 unspecified atom stereocenters. The maximum atomic E-state index is 12.8. The van der Waals surface area contributed by atoms with E-state index in [0.29, 0.717) is 11.3 Å². The topological polar surface area (TPSA) is 69.6 Å². The zero-order valence-corrected chi connectivity index (χ0v) is 15.7. The van der Waals surface area contributed by atoms with Gasteiger partial charge in [0.25, 0.3) is 11.8 Å². The van der Waals surface area contributed by atoms with Crippen LogP contribution in [0.3, 0.4) is 0 Å². The summed E-state index contributed by atoms with van der Waals surface area (Å²) < 4.78 is 0.772. The molecule has 126 valence electrons. The summed E-state index contributed by atoms with van der Waals surface area (Å²) in [6, 6.07) is 11.4. The number of carbonyl (C=O) groups excluding carboxylic acids is 2. The number of aromatic hydroxyl groups is 1. The zero-order valence-electron chi connectivity index (χ0n) is 12.5. The van der Waals surface area contributed by atoms with Crippen molar-refractivity contribution < 1.29 is 14.7 Å². The number of rotatable bonds is 2. The molecular weight excluding hydrogens is 428 g/mol. The summed E-state index contributed by atoms with van der Waals surface area (Å²) in [7, 11) is 0. The van der Waals surface area contributed by atoms with Crippen LogP contribution in [-0.2, 0) is 9.59 Å². The highest BCUT2D eigenvalue weighted by molar-refractivity contribution is 9.10. The van der Waals surface area contributed by atoms with Crippen LogP contribution in [0.1, 0.15) is 5.56 Å². The number of phenols is 1. The van der Waals surface area contributed by atoms with Gasteiger partial charge in [0.05, 0.1) is 10.7 Å². The van der Waals surface area contributed by atoms with Gasteiger partial charge in [0.2, 0.25) is 0 Å². The highest BCUT2D eigenvalue weighted by Gasteiger charge is 2.34. The lowest BCUT2D eigenvalue weighted by Gasteiger charge is -2.29. The van der Waals surface area contributed by atoms with E-state index in [-0.39, 0.29) is 21.5 Å². The Morgan fingerprint density at radius 1 is 1.20 bits per heavy atom. The first kappa shape index (κ1) is 17.6. The van der Waals surface area contributed by atoms with Gasteiger partial charge in [-0.05, 0) is 54.2 Å². The molecule has 1 fully saturated rings. The number of anilines is 1. The molecule has 2 aromatic carbocycles. The first-order valence-electron chi connectivity index (χ1n) is 7.02. The number of thiocarbonyl (C=S) groups is 1. The van der Waals surface area contributed by atoms with Crippen molar-refractivity contribution in [1.29, 1.82) is 0 Å². The molecule has 1 saturated heterocycles. The van der Waals surface area contributed by atoms with E-state index in [1.807, 2.05) is 6.07 Å². The van der Waals surface area contributed by atoms with E-state index in [2.05, 4.69) is 21.2 Å². The summed E-state index contributed by atoms with van der Waals surface area (Å²) in [6.45, 7) is 0. The second kappa shape index (κ2) is 6.95. The maximum absolute atomic E-state index is 12.8. The molecule has 0 aromatic heterocycles. The number of hydrogen-bond acceptors (Lipinski definition) is 4. The summed E-state index contributed by atoms with van der Waals surface area (Å²) in [5.41, 5.74) is 0.942. The van der Waals surface area contributed by atoms with Gasteiger partial charge in [0.1, 0.15) is 11.3 Å². The van der Waals surface area contributed by atoms with Crippen LogP contribution in [-0.4, -0.2) is 22.0 Å². The molecular formula is C17H10BrClN2O3S. The average molecular weight is 438 g/mol. The van der Waals surface area contributed by atoms with E-state index < -0.39 is 11.8 Å². The fourth-order valence-electron chi connectivity index (χ4n) is 2.29. The minimum atomic E-state index is -0.592. The fourth-order valence-corrected chi connectivity index (χ4v) is 3.14. The largest absolute Gasteiger partial charge is 0.506 e. The van der Waals surface area contributed by atoms with Crippen molar-refractivity contribution in [3.05, 3.63) is 63.1 Å². The standard InChI is InChI=1S/C17H10BrClN2O3S/c18-10-2-1-3-11(8-10)21-16(24)12(15(23)20-17(21)25)6-9-4-5-14(22)13(19)7-9/h1-8,22H,(H,20,23,25)/b12-6+. The number of nitrogens with one attached hydrogen (secondary N) is 1. The Balaban J connectivity index is 2.03. The molecule has 0 atom stereocenters. The number of halogens is 2. The van der Waals surface area contributed by atoms with Crippen molar-refractivity contribution in [2.75, 3.05) is 4.90 Å². The van der Waals surface area contributed by atoms with E-state index >= 15 is 0 Å². The van der Waals surface area contributed by atoms with Gasteiger partial charge >= 0.3 is 0 Å². The summed E-state index contributed by atoms with van der Waals surface area (Å²) >= 11 is 14.3. The molecule has 0 bridgehead atoms. The number of hydrogen-bond donors (Lipinski definition) is 2. The summed E-state index contributed by atoms with van der Waals surface area (Å²) in [5.74, 6) is -1.22. The quantitative estimate of drug-likeness (QED) is 0.428. The van der Waals surface area contributed by atoms with E-state index in [1.165, 1.54) is 23.1 Å². The molecule has 2 N–H and O–H groups in total. The number of benzene rings is 2. The molecule has 0 radical (unpaired) electrons. The Labute approximate surface area is 162 Å². The number of carbonyl (C=O) groups is 2. The Hall–Kier alpha value is -2.22. The van der Waals surface area contributed by atoms with Crippen molar-refractivity contribution in [3.63, 3.8) is 0 Å². The van der Waals surface area contributed by atoms with Crippen LogP contribution in [0.2, 0.25) is 5.02 Å². The molecule has 1 heterocycles. The van der Waals surface area contributed by atoms with Gasteiger partial charge in [0.15, 0.2) is 5.11 Å². The van der Waals surface area contributed by atoms with Crippen molar-refractivity contribution in [2.45, 2.75) is 0 Å². The molecule has 3 rings (SSSR count). The Morgan fingerprint density at radius 2 is 1.96 bits per heavy atom. The third-order valence-electron chi connectivity index (χ3n) is 3.45. The minimum absolute atomic E-state index is 0.00832. The molecule has 8 heteroatoms. The third kappa shape index (κ3) is 3.58. The van der Waals surface area contributed by atoms with Crippen LogP contribution >= 0.6 is 39.7 Å². The summed E-state index contributed by atoms with van der Waals surface area (Å²) in [5, 5.41) is 12.1. The van der Waals surface area contributed by atoms with Gasteiger partial charge < -0.3 is 5.11 Å². The van der Waals surface area contributed by atoms with Crippen LogP contribution in [0.5, 0.6) is 5.75 Å². The predicted octanol–water partition coefficient (Wildman–Crippen LogP) is 3.64. The van der Waals surface area contributed by atoms with Crippen LogP contribution < -0.4 is 10.2 Å². The van der Waals surface area contributed by atoms with Crippen LogP contribution in [0.4, 0.5) is 5.69 Å². The highest BCUT2D eigenvalue weighted by atomic mass is 79.9. The van der Waals surface area contributed by atoms with Gasteiger partial charge in [0, 0.05) is 4.47 Å². The van der Waals surface area contributed by atoms with Crippen molar-refractivity contribution in [1.82, 2.24) is 5.32 Å². The first-order valence-corrected chi connectivity index (χ1v) is 8.60. The number of amides is 2. The summed E-state index contributed by atoms with van der Waals surface area (Å²) in [6.07, 6.45) is 1.40. The third-order valence-corrected chi connectivity index (χ3v) is 4.53. The molecule has 25 heavy (non-hydrogen) atoms. The fraction of sp³-hybridized carbons (Fsp3) is 0. The van der Waals surface area contributed by atoms with Gasteiger partial charge in [-0.25, -0.2) is 0 Å².